The summed E-state index contributed by atoms with van der Waals surface area (Å²) in [4.78, 5) is 6.29. The first-order valence-corrected chi connectivity index (χ1v) is 5.00. The van der Waals surface area contributed by atoms with Gasteiger partial charge in [0.2, 0.25) is 5.96 Å². The van der Waals surface area contributed by atoms with Gasteiger partial charge < -0.3 is 4.90 Å². The third-order valence-corrected chi connectivity index (χ3v) is 2.73. The van der Waals surface area contributed by atoms with E-state index in [0.717, 1.165) is 25.0 Å². The van der Waals surface area contributed by atoms with Gasteiger partial charge in [-0.25, -0.2) is 5.84 Å². The lowest BCUT2D eigenvalue weighted by Crippen LogP contribution is -2.47. The minimum absolute atomic E-state index is 0.800. The maximum absolute atomic E-state index is 5.37. The van der Waals surface area contributed by atoms with Crippen LogP contribution in [0.15, 0.2) is 4.99 Å². The van der Waals surface area contributed by atoms with Gasteiger partial charge in [0.25, 0.3) is 0 Å². The number of hydrogen-bond donors (Lipinski definition) is 2. The molecule has 76 valence electrons. The van der Waals surface area contributed by atoms with Gasteiger partial charge in [0.15, 0.2) is 0 Å². The van der Waals surface area contributed by atoms with Gasteiger partial charge in [0, 0.05) is 20.1 Å². The Hall–Kier alpha value is -0.770. The van der Waals surface area contributed by atoms with E-state index in [2.05, 4.69) is 22.2 Å². The largest absolute Gasteiger partial charge is 0.342 e. The highest BCUT2D eigenvalue weighted by molar-refractivity contribution is 5.79. The predicted molar refractivity (Wildman–Crippen MR) is 55.3 cm³/mol. The lowest BCUT2D eigenvalue weighted by Gasteiger charge is -2.33. The lowest BCUT2D eigenvalue weighted by atomic mass is 9.85. The topological polar surface area (TPSA) is 53.6 Å². The highest BCUT2D eigenvalue weighted by Gasteiger charge is 2.21. The molecule has 4 heteroatoms. The zero-order valence-corrected chi connectivity index (χ0v) is 8.58. The van der Waals surface area contributed by atoms with Crippen molar-refractivity contribution in [3.05, 3.63) is 0 Å². The number of nitrogens with zero attached hydrogens (tertiary/aromatic N) is 2. The molecular weight excluding hydrogens is 164 g/mol. The van der Waals surface area contributed by atoms with Crippen LogP contribution in [-0.2, 0) is 0 Å². The molecule has 3 N–H and O–H groups in total. The molecular formula is C9H20N4. The van der Waals surface area contributed by atoms with Gasteiger partial charge in [-0.05, 0) is 25.7 Å². The van der Waals surface area contributed by atoms with Gasteiger partial charge in [0.05, 0.1) is 0 Å². The fourth-order valence-electron chi connectivity index (χ4n) is 1.65. The Morgan fingerprint density at radius 3 is 2.62 bits per heavy atom. The fraction of sp³-hybridized carbons (Fsp3) is 0.889. The van der Waals surface area contributed by atoms with Crippen molar-refractivity contribution in [2.75, 3.05) is 20.1 Å². The first-order chi connectivity index (χ1) is 6.31. The Balaban J connectivity index is 2.40. The smallest absolute Gasteiger partial charge is 0.208 e. The average molecular weight is 184 g/mol. The maximum atomic E-state index is 5.37. The molecule has 0 aromatic carbocycles. The molecule has 1 aliphatic carbocycles. The summed E-state index contributed by atoms with van der Waals surface area (Å²) in [6, 6.07) is 0. The quantitative estimate of drug-likeness (QED) is 0.291. The fourth-order valence-corrected chi connectivity index (χ4v) is 1.65. The molecule has 0 saturated heterocycles. The van der Waals surface area contributed by atoms with Crippen LogP contribution in [0, 0.1) is 5.92 Å². The monoisotopic (exact) mass is 184 g/mol. The number of guanidine groups is 1. The third-order valence-electron chi connectivity index (χ3n) is 2.73. The molecule has 1 fully saturated rings. The number of aliphatic imine (C=N–C) groups is 1. The molecule has 1 aliphatic rings. The van der Waals surface area contributed by atoms with Gasteiger partial charge in [0.1, 0.15) is 0 Å². The van der Waals surface area contributed by atoms with Crippen molar-refractivity contribution >= 4 is 5.96 Å². The minimum atomic E-state index is 0.800. The van der Waals surface area contributed by atoms with Crippen molar-refractivity contribution in [1.82, 2.24) is 10.3 Å². The van der Waals surface area contributed by atoms with E-state index >= 15 is 0 Å². The molecule has 0 aromatic heterocycles. The van der Waals surface area contributed by atoms with Crippen LogP contribution in [-0.4, -0.2) is 31.0 Å². The second kappa shape index (κ2) is 5.07. The number of rotatable bonds is 3. The summed E-state index contributed by atoms with van der Waals surface area (Å²) in [6.45, 7) is 4.18. The Labute approximate surface area is 80.2 Å². The van der Waals surface area contributed by atoms with E-state index in [9.17, 15) is 0 Å². The maximum Gasteiger partial charge on any atom is 0.208 e. The van der Waals surface area contributed by atoms with Crippen LogP contribution in [0.1, 0.15) is 26.2 Å². The number of hydrogen-bond acceptors (Lipinski definition) is 2. The molecule has 0 spiro atoms. The second-order valence-electron chi connectivity index (χ2n) is 3.53. The molecule has 0 aliphatic heterocycles. The Morgan fingerprint density at radius 1 is 1.62 bits per heavy atom. The average Bonchev–Trinajstić information content (AvgIpc) is 2.09. The van der Waals surface area contributed by atoms with Crippen molar-refractivity contribution < 1.29 is 0 Å². The first-order valence-electron chi connectivity index (χ1n) is 5.00. The van der Waals surface area contributed by atoms with E-state index < -0.39 is 0 Å². The van der Waals surface area contributed by atoms with E-state index in [1.54, 1.807) is 7.05 Å². The van der Waals surface area contributed by atoms with Crippen molar-refractivity contribution in [3.8, 4) is 0 Å². The van der Waals surface area contributed by atoms with E-state index in [1.165, 1.54) is 19.3 Å². The molecule has 0 aromatic rings. The van der Waals surface area contributed by atoms with Crippen LogP contribution >= 0.6 is 0 Å². The van der Waals surface area contributed by atoms with Crippen LogP contribution in [0.2, 0.25) is 0 Å². The van der Waals surface area contributed by atoms with Crippen molar-refractivity contribution in [2.24, 2.45) is 16.8 Å². The standard InChI is InChI=1S/C9H20N4/c1-3-13(9(11-2)12-10)7-8-5-4-6-8/h8H,3-7,10H2,1-2H3,(H,11,12). The number of nitrogens with one attached hydrogen (secondary N) is 1. The molecule has 0 atom stereocenters. The van der Waals surface area contributed by atoms with E-state index in [1.807, 2.05) is 0 Å². The normalized spacial score (nSPS) is 18.2. The summed E-state index contributed by atoms with van der Waals surface area (Å²) in [7, 11) is 1.76. The van der Waals surface area contributed by atoms with E-state index in [0.29, 0.717) is 0 Å². The summed E-state index contributed by atoms with van der Waals surface area (Å²) in [5, 5.41) is 0. The molecule has 0 radical (unpaired) electrons. The van der Waals surface area contributed by atoms with Gasteiger partial charge in [-0.2, -0.15) is 0 Å². The summed E-state index contributed by atoms with van der Waals surface area (Å²) < 4.78 is 0. The zero-order valence-electron chi connectivity index (χ0n) is 8.58. The first kappa shape index (κ1) is 10.3. The van der Waals surface area contributed by atoms with Crippen molar-refractivity contribution in [1.29, 1.82) is 0 Å². The van der Waals surface area contributed by atoms with Crippen LogP contribution in [0.5, 0.6) is 0 Å². The Bertz CT molecular complexity index is 174. The lowest BCUT2D eigenvalue weighted by molar-refractivity contribution is 0.240. The summed E-state index contributed by atoms with van der Waals surface area (Å²) in [5.41, 5.74) is 2.63. The minimum Gasteiger partial charge on any atom is -0.342 e. The number of nitrogens with two attached hydrogens (primary N) is 1. The van der Waals surface area contributed by atoms with Crippen LogP contribution in [0.4, 0.5) is 0 Å². The van der Waals surface area contributed by atoms with E-state index in [-0.39, 0.29) is 0 Å². The van der Waals surface area contributed by atoms with E-state index in [4.69, 9.17) is 5.84 Å². The third kappa shape index (κ3) is 2.59. The summed E-state index contributed by atoms with van der Waals surface area (Å²) >= 11 is 0. The summed E-state index contributed by atoms with van der Waals surface area (Å²) in [6.07, 6.45) is 4.10. The molecule has 1 saturated carbocycles. The molecule has 1 rings (SSSR count). The summed E-state index contributed by atoms with van der Waals surface area (Å²) in [5.74, 6) is 7.02. The van der Waals surface area contributed by atoms with Gasteiger partial charge in [-0.3, -0.25) is 10.4 Å². The van der Waals surface area contributed by atoms with Gasteiger partial charge >= 0.3 is 0 Å². The highest BCUT2D eigenvalue weighted by Crippen LogP contribution is 2.26. The molecule has 0 heterocycles. The molecule has 4 nitrogen and oxygen atoms in total. The molecule has 0 unspecified atom stereocenters. The highest BCUT2D eigenvalue weighted by atomic mass is 15.4. The van der Waals surface area contributed by atoms with Gasteiger partial charge in [-0.1, -0.05) is 6.42 Å². The molecule has 0 bridgehead atoms. The Kier molecular flexibility index (Phi) is 4.02. The Morgan fingerprint density at radius 2 is 2.31 bits per heavy atom. The SMILES string of the molecule is CCN(CC1CCC1)C(=NC)NN. The van der Waals surface area contributed by atoms with Crippen molar-refractivity contribution in [3.63, 3.8) is 0 Å². The van der Waals surface area contributed by atoms with Crippen LogP contribution in [0.3, 0.4) is 0 Å². The predicted octanol–water partition coefficient (Wildman–Crippen LogP) is 0.558. The second-order valence-corrected chi connectivity index (χ2v) is 3.53. The van der Waals surface area contributed by atoms with Crippen LogP contribution in [0.25, 0.3) is 0 Å². The zero-order chi connectivity index (χ0) is 9.68. The number of hydrazine groups is 1. The molecule has 0 amide bonds. The van der Waals surface area contributed by atoms with Gasteiger partial charge in [-0.15, -0.1) is 0 Å². The molecule has 13 heavy (non-hydrogen) atoms. The van der Waals surface area contributed by atoms with Crippen molar-refractivity contribution in [2.45, 2.75) is 26.2 Å². The van der Waals surface area contributed by atoms with Crippen LogP contribution < -0.4 is 11.3 Å².